The lowest BCUT2D eigenvalue weighted by Gasteiger charge is -2.34. The van der Waals surface area contributed by atoms with Crippen LogP contribution < -0.4 is 5.32 Å². The number of sulfonamides is 1. The third-order valence-corrected chi connectivity index (χ3v) is 8.00. The molecule has 1 fully saturated rings. The van der Waals surface area contributed by atoms with Crippen LogP contribution in [0, 0.1) is 5.82 Å². The van der Waals surface area contributed by atoms with Crippen molar-refractivity contribution in [2.24, 2.45) is 0 Å². The van der Waals surface area contributed by atoms with E-state index in [1.54, 1.807) is 13.8 Å². The van der Waals surface area contributed by atoms with Crippen LogP contribution in [0.15, 0.2) is 53.4 Å². The smallest absolute Gasteiger partial charge is 0.254 e. The summed E-state index contributed by atoms with van der Waals surface area (Å²) >= 11 is 0. The third-order valence-electron chi connectivity index (χ3n) is 5.95. The molecule has 1 N–H and O–H groups in total. The van der Waals surface area contributed by atoms with Gasteiger partial charge in [-0.1, -0.05) is 44.2 Å². The SMILES string of the molecule is CCN(CC)S(=O)(=O)c1ccc(F)c(C(=O)NCCN2CCN(Cc3ccccc3)CC2)c1. The van der Waals surface area contributed by atoms with Gasteiger partial charge in [-0.3, -0.25) is 14.6 Å². The molecule has 2 aromatic rings. The molecule has 0 aromatic heterocycles. The van der Waals surface area contributed by atoms with Gasteiger partial charge in [-0.25, -0.2) is 12.8 Å². The number of piperazine rings is 1. The molecule has 33 heavy (non-hydrogen) atoms. The highest BCUT2D eigenvalue weighted by Crippen LogP contribution is 2.19. The Morgan fingerprint density at radius 1 is 1.00 bits per heavy atom. The van der Waals surface area contributed by atoms with Crippen molar-refractivity contribution >= 4 is 15.9 Å². The van der Waals surface area contributed by atoms with Crippen LogP contribution in [-0.4, -0.2) is 80.8 Å². The number of halogens is 1. The number of rotatable bonds is 10. The Bertz CT molecular complexity index is 1020. The minimum absolute atomic E-state index is 0.0766. The van der Waals surface area contributed by atoms with Gasteiger partial charge in [0.2, 0.25) is 10.0 Å². The molecular weight excluding hydrogens is 443 g/mol. The molecule has 1 aliphatic heterocycles. The van der Waals surface area contributed by atoms with Gasteiger partial charge in [0, 0.05) is 58.9 Å². The molecule has 0 atom stereocenters. The number of amides is 1. The topological polar surface area (TPSA) is 73.0 Å². The highest BCUT2D eigenvalue weighted by atomic mass is 32.2. The van der Waals surface area contributed by atoms with E-state index in [-0.39, 0.29) is 10.5 Å². The molecule has 0 unspecified atom stereocenters. The van der Waals surface area contributed by atoms with Gasteiger partial charge in [0.1, 0.15) is 5.82 Å². The number of carbonyl (C=O) groups is 1. The zero-order chi connectivity index (χ0) is 23.8. The van der Waals surface area contributed by atoms with Crippen molar-refractivity contribution in [3.05, 3.63) is 65.5 Å². The molecule has 0 bridgehead atoms. The van der Waals surface area contributed by atoms with Gasteiger partial charge in [0.05, 0.1) is 10.5 Å². The molecule has 2 aromatic carbocycles. The zero-order valence-corrected chi connectivity index (χ0v) is 20.2. The largest absolute Gasteiger partial charge is 0.351 e. The van der Waals surface area contributed by atoms with E-state index in [0.29, 0.717) is 26.2 Å². The van der Waals surface area contributed by atoms with E-state index in [1.807, 2.05) is 18.2 Å². The Kier molecular flexibility index (Phi) is 8.96. The lowest BCUT2D eigenvalue weighted by molar-refractivity contribution is 0.0930. The van der Waals surface area contributed by atoms with Gasteiger partial charge in [-0.15, -0.1) is 0 Å². The Morgan fingerprint density at radius 2 is 1.64 bits per heavy atom. The maximum absolute atomic E-state index is 14.3. The molecule has 0 aliphatic carbocycles. The van der Waals surface area contributed by atoms with Gasteiger partial charge in [0.15, 0.2) is 0 Å². The van der Waals surface area contributed by atoms with Crippen LogP contribution in [0.25, 0.3) is 0 Å². The molecule has 0 spiro atoms. The van der Waals surface area contributed by atoms with Crippen molar-refractivity contribution in [2.75, 3.05) is 52.4 Å². The van der Waals surface area contributed by atoms with E-state index in [2.05, 4.69) is 27.2 Å². The lowest BCUT2D eigenvalue weighted by atomic mass is 10.2. The summed E-state index contributed by atoms with van der Waals surface area (Å²) in [7, 11) is -3.77. The fourth-order valence-corrected chi connectivity index (χ4v) is 5.47. The van der Waals surface area contributed by atoms with Crippen LogP contribution in [0.4, 0.5) is 4.39 Å². The minimum Gasteiger partial charge on any atom is -0.351 e. The summed E-state index contributed by atoms with van der Waals surface area (Å²) in [6, 6.07) is 13.7. The average molecular weight is 477 g/mol. The van der Waals surface area contributed by atoms with Crippen LogP contribution in [0.2, 0.25) is 0 Å². The van der Waals surface area contributed by atoms with E-state index in [4.69, 9.17) is 0 Å². The predicted molar refractivity (Wildman–Crippen MR) is 127 cm³/mol. The first-order chi connectivity index (χ1) is 15.8. The average Bonchev–Trinajstić information content (AvgIpc) is 2.81. The van der Waals surface area contributed by atoms with Crippen molar-refractivity contribution < 1.29 is 17.6 Å². The van der Waals surface area contributed by atoms with Crippen LogP contribution in [-0.2, 0) is 16.6 Å². The zero-order valence-electron chi connectivity index (χ0n) is 19.3. The number of benzene rings is 2. The summed E-state index contributed by atoms with van der Waals surface area (Å²) in [5.74, 6) is -1.34. The fraction of sp³-hybridized carbons (Fsp3) is 0.458. The lowest BCUT2D eigenvalue weighted by Crippen LogP contribution is -2.48. The van der Waals surface area contributed by atoms with Crippen molar-refractivity contribution in [1.82, 2.24) is 19.4 Å². The van der Waals surface area contributed by atoms with Gasteiger partial charge in [0.25, 0.3) is 5.91 Å². The van der Waals surface area contributed by atoms with Gasteiger partial charge in [-0.2, -0.15) is 4.31 Å². The first kappa shape index (κ1) is 25.3. The summed E-state index contributed by atoms with van der Waals surface area (Å²) in [6.07, 6.45) is 0. The first-order valence-electron chi connectivity index (χ1n) is 11.4. The maximum Gasteiger partial charge on any atom is 0.254 e. The normalized spacial score (nSPS) is 15.6. The molecule has 0 saturated carbocycles. The molecule has 0 radical (unpaired) electrons. The molecule has 3 rings (SSSR count). The summed E-state index contributed by atoms with van der Waals surface area (Å²) < 4.78 is 41.0. The quantitative estimate of drug-likeness (QED) is 0.570. The maximum atomic E-state index is 14.3. The minimum atomic E-state index is -3.77. The van der Waals surface area contributed by atoms with Crippen LogP contribution in [0.1, 0.15) is 29.8 Å². The molecule has 9 heteroatoms. The molecule has 1 amide bonds. The predicted octanol–water partition coefficient (Wildman–Crippen LogP) is 2.40. The monoisotopic (exact) mass is 476 g/mol. The number of nitrogens with one attached hydrogen (secondary N) is 1. The summed E-state index contributed by atoms with van der Waals surface area (Å²) in [5, 5.41) is 2.73. The molecule has 1 aliphatic rings. The number of nitrogens with zero attached hydrogens (tertiary/aromatic N) is 3. The van der Waals surface area contributed by atoms with Gasteiger partial charge in [-0.05, 0) is 23.8 Å². The van der Waals surface area contributed by atoms with Gasteiger partial charge < -0.3 is 5.32 Å². The summed E-state index contributed by atoms with van der Waals surface area (Å²) in [6.45, 7) is 9.71. The number of hydrogen-bond acceptors (Lipinski definition) is 5. The molecule has 1 saturated heterocycles. The second-order valence-corrected chi connectivity index (χ2v) is 10.0. The Hall–Kier alpha value is -2.33. The van der Waals surface area contributed by atoms with E-state index < -0.39 is 21.7 Å². The second kappa shape index (κ2) is 11.7. The van der Waals surface area contributed by atoms with E-state index >= 15 is 0 Å². The highest BCUT2D eigenvalue weighted by molar-refractivity contribution is 7.89. The van der Waals surface area contributed by atoms with Crippen LogP contribution in [0.5, 0.6) is 0 Å². The van der Waals surface area contributed by atoms with Crippen molar-refractivity contribution in [1.29, 1.82) is 0 Å². The third kappa shape index (κ3) is 6.60. The second-order valence-electron chi connectivity index (χ2n) is 8.09. The van der Waals surface area contributed by atoms with Crippen molar-refractivity contribution in [2.45, 2.75) is 25.3 Å². The molecule has 180 valence electrons. The Balaban J connectivity index is 1.50. The number of carbonyl (C=O) groups excluding carboxylic acids is 1. The standard InChI is InChI=1S/C24H33FN4O3S/c1-3-29(4-2)33(31,32)21-10-11-23(25)22(18-21)24(30)26-12-13-27-14-16-28(17-15-27)19-20-8-6-5-7-9-20/h5-11,18H,3-4,12-17,19H2,1-2H3,(H,26,30). The van der Waals surface area contributed by atoms with Crippen molar-refractivity contribution in [3.8, 4) is 0 Å². The van der Waals surface area contributed by atoms with Crippen molar-refractivity contribution in [3.63, 3.8) is 0 Å². The number of hydrogen-bond donors (Lipinski definition) is 1. The molecule has 1 heterocycles. The summed E-state index contributed by atoms with van der Waals surface area (Å²) in [5.41, 5.74) is 1.04. The Morgan fingerprint density at radius 3 is 2.27 bits per heavy atom. The first-order valence-corrected chi connectivity index (χ1v) is 12.9. The van der Waals surface area contributed by atoms with E-state index in [1.165, 1.54) is 15.9 Å². The molecule has 7 nitrogen and oxygen atoms in total. The highest BCUT2D eigenvalue weighted by Gasteiger charge is 2.24. The van der Waals surface area contributed by atoms with Gasteiger partial charge >= 0.3 is 0 Å². The fourth-order valence-electron chi connectivity index (χ4n) is 3.99. The van der Waals surface area contributed by atoms with E-state index in [9.17, 15) is 17.6 Å². The van der Waals surface area contributed by atoms with E-state index in [0.717, 1.165) is 44.9 Å². The molecular formula is C24H33FN4O3S. The summed E-state index contributed by atoms with van der Waals surface area (Å²) in [4.78, 5) is 17.2. The Labute approximate surface area is 196 Å². The van der Waals surface area contributed by atoms with Crippen LogP contribution in [0.3, 0.4) is 0 Å². The van der Waals surface area contributed by atoms with Crippen LogP contribution >= 0.6 is 0 Å².